The lowest BCUT2D eigenvalue weighted by atomic mass is 10.0. The van der Waals surface area contributed by atoms with Crippen molar-refractivity contribution in [2.45, 2.75) is 25.8 Å². The summed E-state index contributed by atoms with van der Waals surface area (Å²) in [6, 6.07) is 5.81. The zero-order valence-electron chi connectivity index (χ0n) is 8.33. The Hall–Kier alpha value is -0.570. The molecule has 1 aromatic carbocycles. The number of aliphatic hydroxyl groups excluding tert-OH is 1. The molecule has 0 saturated carbocycles. The largest absolute Gasteiger partial charge is 0.396 e. The van der Waals surface area contributed by atoms with Crippen molar-refractivity contribution in [2.24, 2.45) is 5.73 Å². The van der Waals surface area contributed by atoms with Crippen molar-refractivity contribution in [3.05, 3.63) is 34.3 Å². The molecule has 0 aliphatic rings. The molecule has 0 saturated heterocycles. The van der Waals surface area contributed by atoms with E-state index in [1.165, 1.54) is 0 Å². The molecule has 0 heterocycles. The molecule has 0 fully saturated rings. The van der Waals surface area contributed by atoms with Crippen LogP contribution in [0.5, 0.6) is 0 Å². The number of aryl methyl sites for hydroxylation is 1. The second kappa shape index (κ2) is 5.35. The maximum atomic E-state index is 8.68. The lowest BCUT2D eigenvalue weighted by Crippen LogP contribution is -2.10. The number of nitrogens with two attached hydrogens (primary N) is 1. The van der Waals surface area contributed by atoms with Crippen molar-refractivity contribution in [1.82, 2.24) is 0 Å². The SMILES string of the molecule is Cc1cc([C@@H](N)CCCO)ccc1Cl. The number of hydrogen-bond acceptors (Lipinski definition) is 2. The van der Waals surface area contributed by atoms with Crippen molar-refractivity contribution in [2.75, 3.05) is 6.61 Å². The van der Waals surface area contributed by atoms with Gasteiger partial charge in [0.05, 0.1) is 0 Å². The summed E-state index contributed by atoms with van der Waals surface area (Å²) in [7, 11) is 0. The highest BCUT2D eigenvalue weighted by atomic mass is 35.5. The van der Waals surface area contributed by atoms with Gasteiger partial charge in [0, 0.05) is 17.7 Å². The van der Waals surface area contributed by atoms with Crippen LogP contribution >= 0.6 is 11.6 Å². The van der Waals surface area contributed by atoms with Crippen molar-refractivity contribution in [1.29, 1.82) is 0 Å². The van der Waals surface area contributed by atoms with Gasteiger partial charge in [0.15, 0.2) is 0 Å². The van der Waals surface area contributed by atoms with Crippen LogP contribution in [-0.2, 0) is 0 Å². The molecule has 78 valence electrons. The lowest BCUT2D eigenvalue weighted by molar-refractivity contribution is 0.280. The Morgan fingerprint density at radius 1 is 1.50 bits per heavy atom. The van der Waals surface area contributed by atoms with E-state index in [1.54, 1.807) is 0 Å². The third kappa shape index (κ3) is 2.98. The summed E-state index contributed by atoms with van der Waals surface area (Å²) in [5.41, 5.74) is 8.07. The normalized spacial score (nSPS) is 12.9. The van der Waals surface area contributed by atoms with Crippen LogP contribution in [0.15, 0.2) is 18.2 Å². The fourth-order valence-electron chi connectivity index (χ4n) is 1.38. The van der Waals surface area contributed by atoms with Crippen molar-refractivity contribution in [3.63, 3.8) is 0 Å². The number of rotatable bonds is 4. The number of benzene rings is 1. The van der Waals surface area contributed by atoms with Gasteiger partial charge in [-0.2, -0.15) is 0 Å². The van der Waals surface area contributed by atoms with E-state index in [1.807, 2.05) is 25.1 Å². The van der Waals surface area contributed by atoms with Crippen molar-refractivity contribution < 1.29 is 5.11 Å². The zero-order chi connectivity index (χ0) is 10.6. The molecule has 0 amide bonds. The van der Waals surface area contributed by atoms with Gasteiger partial charge in [-0.25, -0.2) is 0 Å². The second-order valence-corrected chi connectivity index (χ2v) is 3.89. The number of aliphatic hydroxyl groups is 1. The smallest absolute Gasteiger partial charge is 0.0435 e. The fourth-order valence-corrected chi connectivity index (χ4v) is 1.49. The predicted molar refractivity (Wildman–Crippen MR) is 59.4 cm³/mol. The highest BCUT2D eigenvalue weighted by molar-refractivity contribution is 6.31. The fraction of sp³-hybridized carbons (Fsp3) is 0.455. The van der Waals surface area contributed by atoms with E-state index in [4.69, 9.17) is 22.4 Å². The Morgan fingerprint density at radius 3 is 2.79 bits per heavy atom. The molecular weight excluding hydrogens is 198 g/mol. The Morgan fingerprint density at radius 2 is 2.21 bits per heavy atom. The van der Waals surface area contributed by atoms with Crippen LogP contribution in [0.4, 0.5) is 0 Å². The maximum Gasteiger partial charge on any atom is 0.0435 e. The average Bonchev–Trinajstić information content (AvgIpc) is 2.18. The Balaban J connectivity index is 2.70. The van der Waals surface area contributed by atoms with E-state index in [-0.39, 0.29) is 12.6 Å². The second-order valence-electron chi connectivity index (χ2n) is 3.48. The molecule has 3 heteroatoms. The lowest BCUT2D eigenvalue weighted by Gasteiger charge is -2.12. The van der Waals surface area contributed by atoms with Gasteiger partial charge in [0.1, 0.15) is 0 Å². The zero-order valence-corrected chi connectivity index (χ0v) is 9.09. The van der Waals surface area contributed by atoms with Crippen LogP contribution in [0, 0.1) is 6.92 Å². The van der Waals surface area contributed by atoms with Crippen LogP contribution in [-0.4, -0.2) is 11.7 Å². The van der Waals surface area contributed by atoms with Gasteiger partial charge in [-0.05, 0) is 37.0 Å². The highest BCUT2D eigenvalue weighted by Crippen LogP contribution is 2.21. The van der Waals surface area contributed by atoms with E-state index < -0.39 is 0 Å². The molecule has 1 aromatic rings. The molecule has 1 atom stereocenters. The van der Waals surface area contributed by atoms with Gasteiger partial charge in [-0.15, -0.1) is 0 Å². The molecular formula is C11H16ClNO. The molecule has 0 bridgehead atoms. The van der Waals surface area contributed by atoms with Gasteiger partial charge in [0.25, 0.3) is 0 Å². The molecule has 0 aliphatic carbocycles. The summed E-state index contributed by atoms with van der Waals surface area (Å²) in [6.07, 6.45) is 1.54. The predicted octanol–water partition coefficient (Wildman–Crippen LogP) is 2.42. The first-order valence-electron chi connectivity index (χ1n) is 4.77. The summed E-state index contributed by atoms with van der Waals surface area (Å²) in [6.45, 7) is 2.16. The minimum absolute atomic E-state index is 0.00174. The van der Waals surface area contributed by atoms with Crippen molar-refractivity contribution in [3.8, 4) is 0 Å². The molecule has 0 aliphatic heterocycles. The van der Waals surface area contributed by atoms with Gasteiger partial charge in [-0.1, -0.05) is 23.7 Å². The topological polar surface area (TPSA) is 46.2 Å². The summed E-state index contributed by atoms with van der Waals surface area (Å²) >= 11 is 5.91. The summed E-state index contributed by atoms with van der Waals surface area (Å²) < 4.78 is 0. The number of halogens is 1. The molecule has 0 radical (unpaired) electrons. The van der Waals surface area contributed by atoms with Crippen LogP contribution in [0.25, 0.3) is 0 Å². The Labute approximate surface area is 89.7 Å². The monoisotopic (exact) mass is 213 g/mol. The molecule has 0 spiro atoms. The van der Waals surface area contributed by atoms with Gasteiger partial charge in [-0.3, -0.25) is 0 Å². The average molecular weight is 214 g/mol. The van der Waals surface area contributed by atoms with E-state index >= 15 is 0 Å². The van der Waals surface area contributed by atoms with Crippen LogP contribution in [0.3, 0.4) is 0 Å². The number of hydrogen-bond donors (Lipinski definition) is 2. The minimum Gasteiger partial charge on any atom is -0.396 e. The Kier molecular flexibility index (Phi) is 4.39. The summed E-state index contributed by atoms with van der Waals surface area (Å²) in [5, 5.41) is 9.45. The standard InChI is InChI=1S/C11H16ClNO/c1-8-7-9(4-5-10(8)12)11(13)3-2-6-14/h4-5,7,11,14H,2-3,6,13H2,1H3/t11-/m0/s1. The van der Waals surface area contributed by atoms with E-state index in [2.05, 4.69) is 0 Å². The first kappa shape index (κ1) is 11.5. The van der Waals surface area contributed by atoms with E-state index in [0.717, 1.165) is 29.0 Å². The van der Waals surface area contributed by atoms with Crippen LogP contribution < -0.4 is 5.73 Å². The third-order valence-corrected chi connectivity index (χ3v) is 2.71. The molecule has 0 aromatic heterocycles. The van der Waals surface area contributed by atoms with Gasteiger partial charge < -0.3 is 10.8 Å². The van der Waals surface area contributed by atoms with Gasteiger partial charge >= 0.3 is 0 Å². The van der Waals surface area contributed by atoms with Crippen LogP contribution in [0.1, 0.15) is 30.0 Å². The quantitative estimate of drug-likeness (QED) is 0.807. The van der Waals surface area contributed by atoms with E-state index in [0.29, 0.717) is 0 Å². The van der Waals surface area contributed by atoms with E-state index in [9.17, 15) is 0 Å². The molecule has 14 heavy (non-hydrogen) atoms. The highest BCUT2D eigenvalue weighted by Gasteiger charge is 2.06. The van der Waals surface area contributed by atoms with Crippen molar-refractivity contribution >= 4 is 11.6 Å². The molecule has 3 N–H and O–H groups in total. The van der Waals surface area contributed by atoms with Crippen LogP contribution in [0.2, 0.25) is 5.02 Å². The Bertz CT molecular complexity index is 301. The minimum atomic E-state index is -0.00174. The molecule has 2 nitrogen and oxygen atoms in total. The first-order chi connectivity index (χ1) is 6.65. The first-order valence-corrected chi connectivity index (χ1v) is 5.15. The summed E-state index contributed by atoms with van der Waals surface area (Å²) in [4.78, 5) is 0. The third-order valence-electron chi connectivity index (χ3n) is 2.28. The molecule has 1 rings (SSSR count). The summed E-state index contributed by atoms with van der Waals surface area (Å²) in [5.74, 6) is 0. The molecule has 0 unspecified atom stereocenters. The maximum absolute atomic E-state index is 8.68. The van der Waals surface area contributed by atoms with Gasteiger partial charge in [0.2, 0.25) is 0 Å².